The fourth-order valence-electron chi connectivity index (χ4n) is 11.6. The van der Waals surface area contributed by atoms with Crippen molar-refractivity contribution in [2.75, 3.05) is 26.2 Å². The number of nitrogens with one attached hydrogen (secondary N) is 17. The van der Waals surface area contributed by atoms with Crippen LogP contribution in [0.3, 0.4) is 0 Å². The van der Waals surface area contributed by atoms with E-state index in [9.17, 15) is 101 Å². The fourth-order valence-corrected chi connectivity index (χ4v) is 11.6. The molecule has 9 atom stereocenters. The minimum atomic E-state index is -1.85. The van der Waals surface area contributed by atoms with E-state index >= 15 is 0 Å². The highest BCUT2D eigenvalue weighted by Crippen LogP contribution is 2.24. The lowest BCUT2D eigenvalue weighted by molar-refractivity contribution is -0.145. The summed E-state index contributed by atoms with van der Waals surface area (Å²) in [5.74, 6) is -16.9. The van der Waals surface area contributed by atoms with Gasteiger partial charge < -0.3 is 112 Å². The third-order valence-electron chi connectivity index (χ3n) is 19.4. The molecule has 0 radical (unpaired) electrons. The van der Waals surface area contributed by atoms with Crippen LogP contribution in [-0.2, 0) is 95.9 Å². The molecule has 1 rings (SSSR count). The van der Waals surface area contributed by atoms with Crippen molar-refractivity contribution in [3.8, 4) is 0 Å². The summed E-state index contributed by atoms with van der Waals surface area (Å²) in [6, 6.07) is -10.0. The van der Waals surface area contributed by atoms with Crippen molar-refractivity contribution in [1.29, 1.82) is 0 Å². The van der Waals surface area contributed by atoms with Crippen LogP contribution >= 0.6 is 0 Å². The Balaban J connectivity index is 3.09. The van der Waals surface area contributed by atoms with Crippen LogP contribution in [0.15, 0.2) is 0 Å². The molecule has 41 heteroatoms. The molecule has 0 spiro atoms. The number of nitrogens with two attached hydrogens (primary N) is 2. The monoisotopic (exact) mass is 1680 g/mol. The maximum atomic E-state index is 14.3. The predicted octanol–water partition coefficient (Wildman–Crippen LogP) is -4.52. The van der Waals surface area contributed by atoms with Crippen LogP contribution in [0.2, 0.25) is 0 Å². The van der Waals surface area contributed by atoms with Gasteiger partial charge in [-0.05, 0) is 180 Å². The minimum absolute atomic E-state index is 0.0136. The predicted molar refractivity (Wildman–Crippen MR) is 431 cm³/mol. The number of aliphatic hydroxyl groups is 1. The summed E-state index contributed by atoms with van der Waals surface area (Å²) in [6.07, 6.45) is -0.730. The molecule has 0 aliphatic carbocycles. The Labute approximate surface area is 690 Å². The van der Waals surface area contributed by atoms with E-state index in [2.05, 4.69) is 90.4 Å². The highest BCUT2D eigenvalue weighted by atomic mass is 16.3. The van der Waals surface area contributed by atoms with E-state index in [-0.39, 0.29) is 62.8 Å². The molecule has 118 heavy (non-hydrogen) atoms. The second kappa shape index (κ2) is 44.2. The van der Waals surface area contributed by atoms with Crippen LogP contribution in [-0.4, -0.2) is 247 Å². The molecule has 9 unspecified atom stereocenters. The first-order valence-electron chi connectivity index (χ1n) is 39.5. The van der Waals surface area contributed by atoms with Gasteiger partial charge in [0.05, 0.1) is 25.7 Å². The van der Waals surface area contributed by atoms with Gasteiger partial charge in [0, 0.05) is 26.3 Å². The summed E-state index contributed by atoms with van der Waals surface area (Å²) < 4.78 is 0. The molecule has 1 aliphatic heterocycles. The van der Waals surface area contributed by atoms with E-state index in [0.29, 0.717) is 6.42 Å². The zero-order valence-corrected chi connectivity index (χ0v) is 73.3. The Kier molecular flexibility index (Phi) is 39.5. The van der Waals surface area contributed by atoms with Gasteiger partial charge in [-0.2, -0.15) is 0 Å². The Bertz CT molecular complexity index is 3720. The summed E-state index contributed by atoms with van der Waals surface area (Å²) in [4.78, 5) is 269. The quantitative estimate of drug-likeness (QED) is 0.0273. The Hall–Kier alpha value is -10.6. The number of nitrogens with zero attached hydrogens (tertiary/aromatic N) is 1. The van der Waals surface area contributed by atoms with Crippen LogP contribution in [0.1, 0.15) is 231 Å². The Morgan fingerprint density at radius 2 is 0.780 bits per heavy atom. The van der Waals surface area contributed by atoms with E-state index in [1.54, 1.807) is 48.5 Å². The number of hydrogen-bond acceptors (Lipinski definition) is 21. The van der Waals surface area contributed by atoms with Gasteiger partial charge >= 0.3 is 0 Å². The number of rotatable bonds is 47. The van der Waals surface area contributed by atoms with Crippen molar-refractivity contribution < 1.29 is 101 Å². The average molecular weight is 1680 g/mol. The molecule has 0 aromatic carbocycles. The maximum absolute atomic E-state index is 14.3. The first kappa shape index (κ1) is 105. The average Bonchev–Trinajstić information content (AvgIpc) is 1.31. The molecule has 1 saturated heterocycles. The summed E-state index contributed by atoms with van der Waals surface area (Å²) in [5, 5.41) is 52.8. The van der Waals surface area contributed by atoms with Crippen molar-refractivity contribution in [2.24, 2.45) is 29.2 Å². The molecular formula is C77H134N20O21. The normalized spacial score (nSPS) is 15.6. The number of primary amides is 2. The molecule has 20 amide bonds. The zero-order chi connectivity index (χ0) is 91.7. The highest BCUT2D eigenvalue weighted by molar-refractivity contribution is 6.04. The number of likely N-dealkylation sites (tertiary alicyclic amines) is 1. The molecule has 41 nitrogen and oxygen atoms in total. The van der Waals surface area contributed by atoms with Crippen LogP contribution in [0.5, 0.6) is 0 Å². The number of carbonyl (C=O) groups excluding carboxylic acids is 20. The van der Waals surface area contributed by atoms with Gasteiger partial charge in [0.2, 0.25) is 118 Å². The Morgan fingerprint density at radius 1 is 0.398 bits per heavy atom. The number of carbonyl (C=O) groups is 20. The molecular weight excluding hydrogens is 1540 g/mol. The van der Waals surface area contributed by atoms with Gasteiger partial charge in [-0.3, -0.25) is 95.9 Å². The molecule has 668 valence electrons. The van der Waals surface area contributed by atoms with Gasteiger partial charge in [0.1, 0.15) is 86.6 Å². The standard InChI is InChI=1S/C77H134N20O21/c1-26-77(25,68(117)87-46(30-32-52(79)101)58(107)85-49(38-98)41(6)7)96-67(116)75(21,22)94-59(108)47(34-39(2)3)84-61(110)50-28-27-33-97(50)69(118)76(23,24)91-53(102)36-80-55(104)42(8)83-63(112)73(17,18)95-66(115)74(19,20)92-56(105)43(9)82-57(106)45(29-31-51(78)100)86-65(114)72(15,16)93-60(109)48(35-40(4)5)88-64(113)71(13,14)90-54(103)37-81-62(111)70(11,12)89-44(10)99/h39-43,45-50,98H,26-38H2,1-25H3,(H2,78,100)(H2,79,101)(H,80,104)(H,81,111)(H,82,106)(H,83,112)(H,84,110)(H,85,107)(H,86,114)(H,87,117)(H,88,113)(H,89,99)(H,90,103)(H,91,102)(H,92,105)(H,93,109)(H,94,108)(H,95,115)(H,96,116). The molecule has 0 bridgehead atoms. The highest BCUT2D eigenvalue weighted by Gasteiger charge is 2.47. The summed E-state index contributed by atoms with van der Waals surface area (Å²) in [6.45, 7) is 34.4. The zero-order valence-electron chi connectivity index (χ0n) is 73.3. The van der Waals surface area contributed by atoms with Gasteiger partial charge in [0.15, 0.2) is 0 Å². The van der Waals surface area contributed by atoms with E-state index in [0.717, 1.165) is 0 Å². The van der Waals surface area contributed by atoms with Gasteiger partial charge in [-0.15, -0.1) is 0 Å². The van der Waals surface area contributed by atoms with Crippen molar-refractivity contribution in [3.63, 3.8) is 0 Å². The fraction of sp³-hybridized carbons (Fsp3) is 0.740. The lowest BCUT2D eigenvalue weighted by atomic mass is 9.93. The molecule has 0 aromatic heterocycles. The van der Waals surface area contributed by atoms with Gasteiger partial charge in [-0.25, -0.2) is 0 Å². The van der Waals surface area contributed by atoms with Crippen molar-refractivity contribution in [1.82, 2.24) is 95.3 Å². The number of aliphatic hydroxyl groups excluding tert-OH is 1. The minimum Gasteiger partial charge on any atom is -0.394 e. The maximum Gasteiger partial charge on any atom is 0.248 e. The molecule has 1 heterocycles. The first-order valence-corrected chi connectivity index (χ1v) is 39.5. The molecule has 1 fully saturated rings. The second-order valence-electron chi connectivity index (χ2n) is 35.1. The summed E-state index contributed by atoms with van der Waals surface area (Å²) in [7, 11) is 0. The third-order valence-corrected chi connectivity index (χ3v) is 19.4. The number of amides is 20. The summed E-state index contributed by atoms with van der Waals surface area (Å²) >= 11 is 0. The number of hydrogen-bond donors (Lipinski definition) is 20. The van der Waals surface area contributed by atoms with Crippen LogP contribution in [0, 0.1) is 17.8 Å². The molecule has 0 aromatic rings. The Morgan fingerprint density at radius 3 is 1.23 bits per heavy atom. The molecule has 0 saturated carbocycles. The van der Waals surface area contributed by atoms with Gasteiger partial charge in [-0.1, -0.05) is 48.5 Å². The molecule has 22 N–H and O–H groups in total. The van der Waals surface area contributed by atoms with E-state index in [1.807, 2.05) is 0 Å². The van der Waals surface area contributed by atoms with E-state index < -0.39 is 243 Å². The van der Waals surface area contributed by atoms with Gasteiger partial charge in [0.25, 0.3) is 0 Å². The van der Waals surface area contributed by atoms with Crippen LogP contribution in [0.25, 0.3) is 0 Å². The lowest BCUT2D eigenvalue weighted by Crippen LogP contribution is -2.66. The topological polar surface area (TPSA) is 621 Å². The third kappa shape index (κ3) is 33.8. The van der Waals surface area contributed by atoms with Crippen molar-refractivity contribution in [2.45, 2.75) is 324 Å². The SMILES string of the molecule is CCC(C)(NC(=O)C(C)(C)NC(=O)C(CC(C)C)NC(=O)C1CCCN1C(=O)C(C)(C)NC(=O)CNC(=O)C(C)NC(=O)C(C)(C)NC(=O)C(C)(C)NC(=O)C(C)NC(=O)C(CCC(N)=O)NC(=O)C(C)(C)NC(=O)C(CC(C)C)NC(=O)C(C)(C)NC(=O)CNC(=O)C(C)(C)NC(C)=O)C(=O)NC(CCC(N)=O)C(=O)NC(CO)C(C)C. The second-order valence-corrected chi connectivity index (χ2v) is 35.1. The van der Waals surface area contributed by atoms with E-state index in [4.69, 9.17) is 11.5 Å². The summed E-state index contributed by atoms with van der Waals surface area (Å²) in [5.41, 5.74) is -2.89. The first-order chi connectivity index (χ1) is 53.7. The van der Waals surface area contributed by atoms with Crippen molar-refractivity contribution in [3.05, 3.63) is 0 Å². The van der Waals surface area contributed by atoms with Crippen LogP contribution in [0.4, 0.5) is 0 Å². The largest absolute Gasteiger partial charge is 0.394 e. The molecule has 1 aliphatic rings. The smallest absolute Gasteiger partial charge is 0.248 e. The lowest BCUT2D eigenvalue weighted by Gasteiger charge is -2.36. The van der Waals surface area contributed by atoms with Crippen molar-refractivity contribution >= 4 is 118 Å². The van der Waals surface area contributed by atoms with E-state index in [1.165, 1.54) is 130 Å². The van der Waals surface area contributed by atoms with Crippen LogP contribution < -0.4 is 102 Å².